The van der Waals surface area contributed by atoms with E-state index >= 15 is 0 Å². The van der Waals surface area contributed by atoms with Crippen molar-refractivity contribution in [1.82, 2.24) is 5.32 Å². The molecular weight excluding hydrogens is 230 g/mol. The Labute approximate surface area is 109 Å². The maximum Gasteiger partial charge on any atom is 0.115 e. The third-order valence-electron chi connectivity index (χ3n) is 2.94. The summed E-state index contributed by atoms with van der Waals surface area (Å²) in [5, 5.41) is 12.9. The zero-order valence-corrected chi connectivity index (χ0v) is 11.8. The van der Waals surface area contributed by atoms with Crippen molar-refractivity contribution in [1.29, 1.82) is 0 Å². The molecular formula is C14H23NOS. The zero-order valence-electron chi connectivity index (χ0n) is 10.9. The second kappa shape index (κ2) is 7.62. The van der Waals surface area contributed by atoms with Crippen LogP contribution in [0, 0.1) is 0 Å². The molecule has 1 aromatic carbocycles. The first kappa shape index (κ1) is 14.4. The van der Waals surface area contributed by atoms with E-state index in [0.29, 0.717) is 17.8 Å². The number of hydrogen-bond acceptors (Lipinski definition) is 3. The molecule has 0 heterocycles. The Bertz CT molecular complexity index is 313. The predicted octanol–water partition coefficient (Wildman–Crippen LogP) is 3.57. The third-order valence-corrected chi connectivity index (χ3v) is 3.59. The summed E-state index contributed by atoms with van der Waals surface area (Å²) >= 11 is 1.89. The van der Waals surface area contributed by atoms with Gasteiger partial charge < -0.3 is 10.4 Å². The van der Waals surface area contributed by atoms with E-state index in [9.17, 15) is 5.11 Å². The lowest BCUT2D eigenvalue weighted by Gasteiger charge is -2.22. The van der Waals surface area contributed by atoms with Gasteiger partial charge in [0.25, 0.3) is 0 Å². The Morgan fingerprint density at radius 2 is 1.94 bits per heavy atom. The molecule has 96 valence electrons. The van der Waals surface area contributed by atoms with E-state index in [1.54, 1.807) is 12.1 Å². The number of nitrogens with one attached hydrogen (secondary N) is 1. The molecule has 17 heavy (non-hydrogen) atoms. The lowest BCUT2D eigenvalue weighted by molar-refractivity contribution is 0.437. The summed E-state index contributed by atoms with van der Waals surface area (Å²) in [5.41, 5.74) is 1.25. The number of phenols is 1. The quantitative estimate of drug-likeness (QED) is 0.779. The van der Waals surface area contributed by atoms with Gasteiger partial charge in [-0.2, -0.15) is 11.8 Å². The van der Waals surface area contributed by atoms with Gasteiger partial charge in [0, 0.05) is 12.1 Å². The molecule has 2 N–H and O–H groups in total. The Morgan fingerprint density at radius 3 is 2.47 bits per heavy atom. The summed E-state index contributed by atoms with van der Waals surface area (Å²) in [6.45, 7) is 4.42. The summed E-state index contributed by atoms with van der Waals surface area (Å²) < 4.78 is 0. The van der Waals surface area contributed by atoms with Crippen LogP contribution >= 0.6 is 11.8 Å². The lowest BCUT2D eigenvalue weighted by Crippen LogP contribution is -2.30. The lowest BCUT2D eigenvalue weighted by atomic mass is 10.0. The molecule has 2 unspecified atom stereocenters. The minimum atomic E-state index is 0.332. The maximum absolute atomic E-state index is 9.29. The minimum Gasteiger partial charge on any atom is -0.508 e. The molecule has 0 saturated carbocycles. The van der Waals surface area contributed by atoms with E-state index in [0.717, 1.165) is 6.42 Å². The topological polar surface area (TPSA) is 32.3 Å². The predicted molar refractivity (Wildman–Crippen MR) is 76.7 cm³/mol. The number of rotatable bonds is 7. The first-order valence-corrected chi connectivity index (χ1v) is 7.60. The molecule has 0 amide bonds. The first-order chi connectivity index (χ1) is 8.17. The fourth-order valence-electron chi connectivity index (χ4n) is 1.88. The summed E-state index contributed by atoms with van der Waals surface area (Å²) in [5.74, 6) is 1.53. The third kappa shape index (κ3) is 5.00. The van der Waals surface area contributed by atoms with Crippen LogP contribution < -0.4 is 5.32 Å². The molecule has 1 rings (SSSR count). The Kier molecular flexibility index (Phi) is 6.45. The molecule has 0 spiro atoms. The van der Waals surface area contributed by atoms with Crippen molar-refractivity contribution in [3.63, 3.8) is 0 Å². The van der Waals surface area contributed by atoms with Gasteiger partial charge in [0.05, 0.1) is 0 Å². The highest BCUT2D eigenvalue weighted by Gasteiger charge is 2.12. The molecule has 3 heteroatoms. The average Bonchev–Trinajstić information content (AvgIpc) is 2.34. The molecule has 0 aliphatic heterocycles. The Morgan fingerprint density at radius 1 is 1.29 bits per heavy atom. The molecule has 0 bridgehead atoms. The van der Waals surface area contributed by atoms with Crippen molar-refractivity contribution in [2.24, 2.45) is 0 Å². The SMILES string of the molecule is CCC(NC(C)CCSC)c1ccc(O)cc1. The van der Waals surface area contributed by atoms with Crippen LogP contribution in [0.3, 0.4) is 0 Å². The van der Waals surface area contributed by atoms with E-state index in [1.807, 2.05) is 23.9 Å². The second-order valence-corrected chi connectivity index (χ2v) is 5.39. The van der Waals surface area contributed by atoms with E-state index in [1.165, 1.54) is 17.7 Å². The largest absolute Gasteiger partial charge is 0.508 e. The van der Waals surface area contributed by atoms with E-state index < -0.39 is 0 Å². The highest BCUT2D eigenvalue weighted by molar-refractivity contribution is 7.98. The standard InChI is InChI=1S/C14H23NOS/c1-4-14(15-11(2)9-10-17-3)12-5-7-13(16)8-6-12/h5-8,11,14-16H,4,9-10H2,1-3H3. The van der Waals surface area contributed by atoms with Crippen LogP contribution in [0.5, 0.6) is 5.75 Å². The second-order valence-electron chi connectivity index (χ2n) is 4.40. The van der Waals surface area contributed by atoms with Crippen LogP contribution in [0.2, 0.25) is 0 Å². The summed E-state index contributed by atoms with van der Waals surface area (Å²) in [7, 11) is 0. The van der Waals surface area contributed by atoms with Crippen LogP contribution in [0.15, 0.2) is 24.3 Å². The molecule has 0 aliphatic rings. The molecule has 0 aromatic heterocycles. The smallest absolute Gasteiger partial charge is 0.115 e. The number of benzene rings is 1. The van der Waals surface area contributed by atoms with Crippen molar-refractivity contribution in [2.75, 3.05) is 12.0 Å². The van der Waals surface area contributed by atoms with Gasteiger partial charge in [0.15, 0.2) is 0 Å². The highest BCUT2D eigenvalue weighted by Crippen LogP contribution is 2.20. The molecule has 2 nitrogen and oxygen atoms in total. The first-order valence-electron chi connectivity index (χ1n) is 6.21. The van der Waals surface area contributed by atoms with E-state index in [-0.39, 0.29) is 0 Å². The van der Waals surface area contributed by atoms with Gasteiger partial charge in [-0.3, -0.25) is 0 Å². The molecule has 0 fully saturated rings. The van der Waals surface area contributed by atoms with Crippen molar-refractivity contribution in [2.45, 2.75) is 38.8 Å². The minimum absolute atomic E-state index is 0.332. The normalized spacial score (nSPS) is 14.5. The number of phenolic OH excluding ortho intramolecular Hbond substituents is 1. The molecule has 2 atom stereocenters. The Hall–Kier alpha value is -0.670. The van der Waals surface area contributed by atoms with Crippen LogP contribution in [-0.4, -0.2) is 23.2 Å². The van der Waals surface area contributed by atoms with E-state index in [2.05, 4.69) is 25.4 Å². The maximum atomic E-state index is 9.29. The van der Waals surface area contributed by atoms with Crippen molar-refractivity contribution >= 4 is 11.8 Å². The summed E-state index contributed by atoms with van der Waals surface area (Å²) in [6.07, 6.45) is 4.40. The molecule has 1 aromatic rings. The van der Waals surface area contributed by atoms with Crippen LogP contribution in [0.4, 0.5) is 0 Å². The van der Waals surface area contributed by atoms with Crippen LogP contribution in [0.1, 0.15) is 38.3 Å². The number of hydrogen-bond donors (Lipinski definition) is 2. The van der Waals surface area contributed by atoms with Gasteiger partial charge in [-0.1, -0.05) is 19.1 Å². The van der Waals surface area contributed by atoms with Crippen molar-refractivity contribution < 1.29 is 5.11 Å². The van der Waals surface area contributed by atoms with Gasteiger partial charge in [-0.25, -0.2) is 0 Å². The van der Waals surface area contributed by atoms with Gasteiger partial charge in [0.2, 0.25) is 0 Å². The molecule has 0 saturated heterocycles. The van der Waals surface area contributed by atoms with Crippen LogP contribution in [0.25, 0.3) is 0 Å². The van der Waals surface area contributed by atoms with Crippen LogP contribution in [-0.2, 0) is 0 Å². The van der Waals surface area contributed by atoms with Gasteiger partial charge in [-0.05, 0) is 49.5 Å². The van der Waals surface area contributed by atoms with E-state index in [4.69, 9.17) is 0 Å². The van der Waals surface area contributed by atoms with Gasteiger partial charge >= 0.3 is 0 Å². The zero-order chi connectivity index (χ0) is 12.7. The average molecular weight is 253 g/mol. The van der Waals surface area contributed by atoms with Gasteiger partial charge in [0.1, 0.15) is 5.75 Å². The monoisotopic (exact) mass is 253 g/mol. The fourth-order valence-corrected chi connectivity index (χ4v) is 2.47. The molecule has 0 radical (unpaired) electrons. The number of aromatic hydroxyl groups is 1. The highest BCUT2D eigenvalue weighted by atomic mass is 32.2. The fraction of sp³-hybridized carbons (Fsp3) is 0.571. The van der Waals surface area contributed by atoms with Gasteiger partial charge in [-0.15, -0.1) is 0 Å². The van der Waals surface area contributed by atoms with Crippen molar-refractivity contribution in [3.8, 4) is 5.75 Å². The molecule has 0 aliphatic carbocycles. The summed E-state index contributed by atoms with van der Waals surface area (Å²) in [4.78, 5) is 0. The Balaban J connectivity index is 2.56. The summed E-state index contributed by atoms with van der Waals surface area (Å²) in [6, 6.07) is 8.42. The van der Waals surface area contributed by atoms with Crippen molar-refractivity contribution in [3.05, 3.63) is 29.8 Å². The number of thioether (sulfide) groups is 1.